The Balaban J connectivity index is 1.93. The molecule has 0 aliphatic heterocycles. The summed E-state index contributed by atoms with van der Waals surface area (Å²) in [6.45, 7) is 3.01. The van der Waals surface area contributed by atoms with Crippen LogP contribution in [0, 0.1) is 31.0 Å². The molecule has 2 aromatic carbocycles. The number of aryl methyl sites for hydroxylation is 1. The molecule has 4 aromatic rings. The van der Waals surface area contributed by atoms with E-state index < -0.39 is 23.0 Å². The standard InChI is InChI=1S/C24H17FN2O4/c1-13-18(11-26)23(29)27(12-15-6-4-3-5-7-15)24(30)20(13)21(28)22-14(2)17-10-16(25)8-9-19(17)31-22/h3-10,30H,12H2,1-2H3. The number of furan rings is 1. The van der Waals surface area contributed by atoms with Crippen molar-refractivity contribution in [3.05, 3.63) is 98.3 Å². The van der Waals surface area contributed by atoms with Gasteiger partial charge in [0.1, 0.15) is 23.0 Å². The van der Waals surface area contributed by atoms with Crippen LogP contribution in [0.15, 0.2) is 57.7 Å². The number of fused-ring (bicyclic) bond motifs is 1. The monoisotopic (exact) mass is 416 g/mol. The van der Waals surface area contributed by atoms with Crippen LogP contribution >= 0.6 is 0 Å². The van der Waals surface area contributed by atoms with E-state index in [4.69, 9.17) is 4.42 Å². The molecule has 1 N–H and O–H groups in total. The maximum atomic E-state index is 13.6. The molecule has 0 aliphatic carbocycles. The molecule has 0 bridgehead atoms. The summed E-state index contributed by atoms with van der Waals surface area (Å²) in [5.74, 6) is -1.81. The van der Waals surface area contributed by atoms with Crippen molar-refractivity contribution in [2.45, 2.75) is 20.4 Å². The molecule has 31 heavy (non-hydrogen) atoms. The lowest BCUT2D eigenvalue weighted by atomic mass is 9.98. The third kappa shape index (κ3) is 3.28. The van der Waals surface area contributed by atoms with Gasteiger partial charge in [-0.2, -0.15) is 5.26 Å². The zero-order chi connectivity index (χ0) is 22.3. The first-order chi connectivity index (χ1) is 14.8. The molecule has 0 saturated carbocycles. The predicted octanol–water partition coefficient (Wildman–Crippen LogP) is 4.21. The van der Waals surface area contributed by atoms with Crippen molar-refractivity contribution in [3.63, 3.8) is 0 Å². The quantitative estimate of drug-likeness (QED) is 0.503. The summed E-state index contributed by atoms with van der Waals surface area (Å²) in [6, 6.07) is 14.6. The van der Waals surface area contributed by atoms with Crippen molar-refractivity contribution in [3.8, 4) is 11.9 Å². The van der Waals surface area contributed by atoms with E-state index in [9.17, 15) is 24.3 Å². The Morgan fingerprint density at radius 2 is 1.87 bits per heavy atom. The third-order valence-electron chi connectivity index (χ3n) is 5.32. The van der Waals surface area contributed by atoms with Gasteiger partial charge in [0.05, 0.1) is 12.1 Å². The van der Waals surface area contributed by atoms with E-state index in [1.165, 1.54) is 25.1 Å². The van der Waals surface area contributed by atoms with Crippen molar-refractivity contribution in [2.24, 2.45) is 0 Å². The summed E-state index contributed by atoms with van der Waals surface area (Å²) < 4.78 is 20.3. The Kier molecular flexibility index (Phi) is 4.91. The highest BCUT2D eigenvalue weighted by Gasteiger charge is 2.28. The molecule has 154 valence electrons. The van der Waals surface area contributed by atoms with E-state index in [1.807, 2.05) is 12.1 Å². The van der Waals surface area contributed by atoms with Gasteiger partial charge in [0.2, 0.25) is 11.7 Å². The summed E-state index contributed by atoms with van der Waals surface area (Å²) in [5.41, 5.74) is 0.356. The third-order valence-corrected chi connectivity index (χ3v) is 5.32. The predicted molar refractivity (Wildman–Crippen MR) is 112 cm³/mol. The zero-order valence-corrected chi connectivity index (χ0v) is 16.8. The van der Waals surface area contributed by atoms with E-state index in [1.54, 1.807) is 31.2 Å². The van der Waals surface area contributed by atoms with Crippen LogP contribution in [0.4, 0.5) is 4.39 Å². The molecule has 0 spiro atoms. The van der Waals surface area contributed by atoms with Gasteiger partial charge < -0.3 is 9.52 Å². The molecular formula is C24H17FN2O4. The van der Waals surface area contributed by atoms with Crippen molar-refractivity contribution >= 4 is 16.8 Å². The number of rotatable bonds is 4. The number of carbonyl (C=O) groups is 1. The lowest BCUT2D eigenvalue weighted by Gasteiger charge is -2.15. The number of carbonyl (C=O) groups excluding carboxylic acids is 1. The topological polar surface area (TPSA) is 96.2 Å². The average molecular weight is 416 g/mol. The zero-order valence-electron chi connectivity index (χ0n) is 16.8. The van der Waals surface area contributed by atoms with Crippen molar-refractivity contribution in [1.29, 1.82) is 5.26 Å². The molecule has 6 nitrogen and oxygen atoms in total. The first-order valence-electron chi connectivity index (χ1n) is 9.47. The number of benzene rings is 2. The van der Waals surface area contributed by atoms with Gasteiger partial charge >= 0.3 is 0 Å². The number of pyridine rings is 1. The maximum absolute atomic E-state index is 13.6. The maximum Gasteiger partial charge on any atom is 0.271 e. The van der Waals surface area contributed by atoms with Gasteiger partial charge in [-0.05, 0) is 43.2 Å². The van der Waals surface area contributed by atoms with E-state index in [0.717, 1.165) is 4.57 Å². The highest BCUT2D eigenvalue weighted by Crippen LogP contribution is 2.31. The van der Waals surface area contributed by atoms with Crippen molar-refractivity contribution in [2.75, 3.05) is 0 Å². The molecule has 0 fully saturated rings. The van der Waals surface area contributed by atoms with Crippen LogP contribution in [-0.4, -0.2) is 15.5 Å². The number of nitriles is 1. The van der Waals surface area contributed by atoms with Crippen LogP contribution in [0.5, 0.6) is 5.88 Å². The van der Waals surface area contributed by atoms with Gasteiger partial charge in [-0.1, -0.05) is 30.3 Å². The number of halogens is 1. The van der Waals surface area contributed by atoms with Gasteiger partial charge in [0.25, 0.3) is 5.56 Å². The fraction of sp³-hybridized carbons (Fsp3) is 0.125. The molecular weight excluding hydrogens is 399 g/mol. The first kappa shape index (κ1) is 20.1. The van der Waals surface area contributed by atoms with Crippen LogP contribution in [0.25, 0.3) is 11.0 Å². The smallest absolute Gasteiger partial charge is 0.271 e. The number of hydrogen-bond donors (Lipinski definition) is 1. The number of aromatic hydroxyl groups is 1. The van der Waals surface area contributed by atoms with E-state index >= 15 is 0 Å². The molecule has 0 amide bonds. The minimum absolute atomic E-state index is 0.0227. The van der Waals surface area contributed by atoms with Crippen molar-refractivity contribution in [1.82, 2.24) is 4.57 Å². The minimum atomic E-state index is -0.693. The summed E-state index contributed by atoms with van der Waals surface area (Å²) in [5, 5.41) is 20.9. The van der Waals surface area contributed by atoms with Gasteiger partial charge in [-0.3, -0.25) is 14.2 Å². The second kappa shape index (κ2) is 7.58. The SMILES string of the molecule is Cc1c(C(=O)c2oc3ccc(F)cc3c2C)c(O)n(Cc2ccccc2)c(=O)c1C#N. The number of hydrogen-bond acceptors (Lipinski definition) is 5. The van der Waals surface area contributed by atoms with E-state index in [0.29, 0.717) is 22.1 Å². The lowest BCUT2D eigenvalue weighted by molar-refractivity contribution is 0.101. The molecule has 0 unspecified atom stereocenters. The molecule has 0 atom stereocenters. The fourth-order valence-electron chi connectivity index (χ4n) is 3.66. The molecule has 4 rings (SSSR count). The van der Waals surface area contributed by atoms with Crippen LogP contribution in [0.1, 0.15) is 38.4 Å². The summed E-state index contributed by atoms with van der Waals surface area (Å²) in [6.07, 6.45) is 0. The highest BCUT2D eigenvalue weighted by atomic mass is 19.1. The Hall–Kier alpha value is -4.18. The highest BCUT2D eigenvalue weighted by molar-refractivity contribution is 6.12. The second-order valence-electron chi connectivity index (χ2n) is 7.21. The van der Waals surface area contributed by atoms with E-state index in [2.05, 4.69) is 0 Å². The number of nitrogens with zero attached hydrogens (tertiary/aromatic N) is 2. The average Bonchev–Trinajstić information content (AvgIpc) is 3.08. The summed E-state index contributed by atoms with van der Waals surface area (Å²) >= 11 is 0. The summed E-state index contributed by atoms with van der Waals surface area (Å²) in [7, 11) is 0. The van der Waals surface area contributed by atoms with Crippen LogP contribution in [-0.2, 0) is 6.54 Å². The summed E-state index contributed by atoms with van der Waals surface area (Å²) in [4.78, 5) is 26.2. The Morgan fingerprint density at radius 1 is 1.16 bits per heavy atom. The molecule has 0 saturated heterocycles. The first-order valence-corrected chi connectivity index (χ1v) is 9.47. The largest absolute Gasteiger partial charge is 0.494 e. The fourth-order valence-corrected chi connectivity index (χ4v) is 3.66. The normalized spacial score (nSPS) is 10.9. The van der Waals surface area contributed by atoms with Crippen LogP contribution in [0.2, 0.25) is 0 Å². The van der Waals surface area contributed by atoms with E-state index in [-0.39, 0.29) is 29.0 Å². The van der Waals surface area contributed by atoms with Gasteiger partial charge in [-0.15, -0.1) is 0 Å². The Labute approximate surface area is 176 Å². The van der Waals surface area contributed by atoms with Crippen LogP contribution in [0.3, 0.4) is 0 Å². The van der Waals surface area contributed by atoms with Gasteiger partial charge in [0.15, 0.2) is 5.76 Å². The molecule has 2 aromatic heterocycles. The molecule has 7 heteroatoms. The van der Waals surface area contributed by atoms with Gasteiger partial charge in [0, 0.05) is 10.9 Å². The molecule has 2 heterocycles. The molecule has 0 aliphatic rings. The van der Waals surface area contributed by atoms with Crippen molar-refractivity contribution < 1.29 is 18.7 Å². The number of aromatic nitrogens is 1. The van der Waals surface area contributed by atoms with Gasteiger partial charge in [-0.25, -0.2) is 4.39 Å². The lowest BCUT2D eigenvalue weighted by Crippen LogP contribution is -2.27. The number of ketones is 1. The molecule has 0 radical (unpaired) electrons. The Morgan fingerprint density at radius 3 is 2.55 bits per heavy atom. The Bertz CT molecular complexity index is 1440. The van der Waals surface area contributed by atoms with Crippen LogP contribution < -0.4 is 5.56 Å². The minimum Gasteiger partial charge on any atom is -0.494 e. The second-order valence-corrected chi connectivity index (χ2v) is 7.21.